The number of benzene rings is 1. The molecule has 0 aromatic heterocycles. The minimum Gasteiger partial charge on any atom is -0.410 e. The van der Waals surface area contributed by atoms with Gasteiger partial charge < -0.3 is 10.1 Å². The van der Waals surface area contributed by atoms with Gasteiger partial charge in [0.1, 0.15) is 5.75 Å². The quantitative estimate of drug-likeness (QED) is 0.689. The van der Waals surface area contributed by atoms with E-state index in [1.54, 1.807) is 5.18 Å². The van der Waals surface area contributed by atoms with E-state index in [4.69, 9.17) is 4.74 Å². The Kier molecular flexibility index (Phi) is 4.39. The Morgan fingerprint density at radius 3 is 2.33 bits per heavy atom. The smallest absolute Gasteiger partial charge is 0.410 e. The Hall–Kier alpha value is -3.03. The van der Waals surface area contributed by atoms with Gasteiger partial charge in [-0.3, -0.25) is 14.5 Å². The van der Waals surface area contributed by atoms with Gasteiger partial charge in [-0.25, -0.2) is 4.79 Å². The molecular weight excluding hydrogens is 278 g/mol. The van der Waals surface area contributed by atoms with Gasteiger partial charge in [-0.05, 0) is 12.1 Å². The van der Waals surface area contributed by atoms with E-state index in [1.807, 2.05) is 0 Å². The number of nitrogens with zero attached hydrogens (tertiary/aromatic N) is 1. The molecule has 108 valence electrons. The molecule has 0 saturated carbocycles. The summed E-state index contributed by atoms with van der Waals surface area (Å²) in [4.78, 5) is 45.4. The number of ether oxygens (including phenoxy) is 1. The van der Waals surface area contributed by atoms with Crippen molar-refractivity contribution in [3.63, 3.8) is 0 Å². The lowest BCUT2D eigenvalue weighted by Gasteiger charge is -2.13. The molecule has 2 N–H and O–H groups in total. The molecule has 8 heteroatoms. The van der Waals surface area contributed by atoms with E-state index in [9.17, 15) is 19.3 Å². The van der Waals surface area contributed by atoms with Gasteiger partial charge in [-0.2, -0.15) is 0 Å². The van der Waals surface area contributed by atoms with Crippen LogP contribution in [0.1, 0.15) is 0 Å². The Morgan fingerprint density at radius 1 is 1.14 bits per heavy atom. The lowest BCUT2D eigenvalue weighted by atomic mass is 10.3. The highest BCUT2D eigenvalue weighted by molar-refractivity contribution is 6.12. The van der Waals surface area contributed by atoms with E-state index in [2.05, 4.69) is 5.32 Å². The van der Waals surface area contributed by atoms with Crippen LogP contribution in [0.4, 0.5) is 10.5 Å². The fourth-order valence-corrected chi connectivity index (χ4v) is 1.66. The molecule has 0 bridgehead atoms. The zero-order valence-corrected chi connectivity index (χ0v) is 10.9. The molecule has 3 amide bonds. The van der Waals surface area contributed by atoms with Gasteiger partial charge >= 0.3 is 6.09 Å². The fourth-order valence-electron chi connectivity index (χ4n) is 1.66. The molecule has 0 saturated heterocycles. The Balaban J connectivity index is 1.75. The van der Waals surface area contributed by atoms with Gasteiger partial charge in [0.2, 0.25) is 0 Å². The van der Waals surface area contributed by atoms with Crippen molar-refractivity contribution in [1.29, 1.82) is 0 Å². The number of nitrogens with one attached hydrogen (secondary N) is 2. The van der Waals surface area contributed by atoms with Crippen LogP contribution in [0.25, 0.3) is 0 Å². The highest BCUT2D eigenvalue weighted by Gasteiger charge is 2.22. The monoisotopic (exact) mass is 290 g/mol. The van der Waals surface area contributed by atoms with Crippen molar-refractivity contribution in [3.05, 3.63) is 41.3 Å². The van der Waals surface area contributed by atoms with Crippen LogP contribution in [0.15, 0.2) is 36.4 Å². The number of imide groups is 1. The molecule has 1 aliphatic heterocycles. The van der Waals surface area contributed by atoms with E-state index < -0.39 is 17.9 Å². The Morgan fingerprint density at radius 2 is 1.76 bits per heavy atom. The summed E-state index contributed by atoms with van der Waals surface area (Å²) in [6, 6.07) is 5.83. The number of carbonyl (C=O) groups excluding carboxylic acids is 3. The predicted molar refractivity (Wildman–Crippen MR) is 70.3 cm³/mol. The minimum atomic E-state index is -0.718. The van der Waals surface area contributed by atoms with Crippen LogP contribution < -0.4 is 15.2 Å². The van der Waals surface area contributed by atoms with Crippen LogP contribution in [0.3, 0.4) is 0 Å². The van der Waals surface area contributed by atoms with E-state index in [0.717, 1.165) is 4.90 Å². The van der Waals surface area contributed by atoms with Crippen molar-refractivity contribution in [2.75, 3.05) is 13.1 Å². The number of hydrogen-bond donors (Lipinski definition) is 2. The van der Waals surface area contributed by atoms with Crippen molar-refractivity contribution < 1.29 is 24.3 Å². The summed E-state index contributed by atoms with van der Waals surface area (Å²) in [5.74, 6) is -0.548. The maximum atomic E-state index is 11.5. The summed E-state index contributed by atoms with van der Waals surface area (Å²) in [6.45, 7) is 0.150. The minimum absolute atomic E-state index is 0.0683. The maximum absolute atomic E-state index is 11.5. The number of rotatable bonds is 5. The summed E-state index contributed by atoms with van der Waals surface area (Å²) in [7, 11) is 0. The van der Waals surface area contributed by atoms with Crippen LogP contribution in [0.5, 0.6) is 5.75 Å². The van der Waals surface area contributed by atoms with E-state index in [0.29, 0.717) is 5.69 Å². The lowest BCUT2D eigenvalue weighted by Crippen LogP contribution is -2.55. The van der Waals surface area contributed by atoms with E-state index >= 15 is 0 Å². The standard InChI is InChI=1S/C13H11N3O5/c17-11-5-6-12(18)16(11)8-7-14-13(19)21-10-3-1-9(15-20)2-4-10/h1-6H,7-8H2,(H,14,19)/p+1. The molecule has 0 aliphatic carbocycles. The summed E-state index contributed by atoms with van der Waals surface area (Å²) in [5, 5.41) is 4.12. The van der Waals surface area contributed by atoms with Gasteiger partial charge in [0.15, 0.2) is 0 Å². The van der Waals surface area contributed by atoms with Crippen LogP contribution in [0, 0.1) is 4.91 Å². The van der Waals surface area contributed by atoms with Gasteiger partial charge in [0, 0.05) is 47.5 Å². The molecule has 21 heavy (non-hydrogen) atoms. The molecule has 1 aromatic rings. The van der Waals surface area contributed by atoms with Gasteiger partial charge in [-0.1, -0.05) is 0 Å². The van der Waals surface area contributed by atoms with Gasteiger partial charge in [0.05, 0.1) is 0 Å². The van der Waals surface area contributed by atoms with Crippen LogP contribution in [-0.2, 0) is 9.59 Å². The second kappa shape index (κ2) is 6.42. The first-order chi connectivity index (χ1) is 10.1. The third-order valence-corrected chi connectivity index (χ3v) is 2.69. The molecular formula is C13H12N3O5+. The zero-order chi connectivity index (χ0) is 15.2. The maximum Gasteiger partial charge on any atom is 0.412 e. The third kappa shape index (κ3) is 3.72. The first kappa shape index (κ1) is 14.4. The lowest BCUT2D eigenvalue weighted by molar-refractivity contribution is -0.379. The number of carbonyl (C=O) groups is 3. The van der Waals surface area contributed by atoms with Gasteiger partial charge in [-0.15, -0.1) is 0 Å². The topological polar surface area (TPSA) is 107 Å². The Labute approximate surface area is 119 Å². The summed E-state index contributed by atoms with van der Waals surface area (Å²) < 4.78 is 4.95. The zero-order valence-electron chi connectivity index (χ0n) is 10.9. The molecule has 8 nitrogen and oxygen atoms in total. The molecule has 0 spiro atoms. The molecule has 0 unspecified atom stereocenters. The van der Waals surface area contributed by atoms with E-state index in [1.165, 1.54) is 36.4 Å². The third-order valence-electron chi connectivity index (χ3n) is 2.69. The molecule has 0 atom stereocenters. The van der Waals surface area contributed by atoms with E-state index in [-0.39, 0.29) is 18.8 Å². The molecule has 1 aromatic carbocycles. The number of amides is 3. The average molecular weight is 290 g/mol. The van der Waals surface area contributed by atoms with Crippen molar-refractivity contribution in [2.45, 2.75) is 0 Å². The SMILES string of the molecule is O=[NH+]c1ccc(OC(=O)NCCN2C(=O)C=CC2=O)cc1. The highest BCUT2D eigenvalue weighted by Crippen LogP contribution is 2.12. The summed E-state index contributed by atoms with van der Waals surface area (Å²) >= 11 is 0. The molecule has 1 heterocycles. The first-order valence-corrected chi connectivity index (χ1v) is 6.07. The second-order valence-electron chi connectivity index (χ2n) is 4.10. The number of hydrogen-bond acceptors (Lipinski definition) is 5. The van der Waals surface area contributed by atoms with Crippen molar-refractivity contribution in [1.82, 2.24) is 10.2 Å². The molecule has 0 fully saturated rings. The fraction of sp³-hybridized carbons (Fsp3) is 0.154. The van der Waals surface area contributed by atoms with Crippen LogP contribution in [-0.4, -0.2) is 35.9 Å². The van der Waals surface area contributed by atoms with Crippen molar-refractivity contribution >= 4 is 23.6 Å². The molecule has 2 rings (SSSR count). The predicted octanol–water partition coefficient (Wildman–Crippen LogP) is -0.822. The van der Waals surface area contributed by atoms with Crippen LogP contribution in [0.2, 0.25) is 0 Å². The molecule has 0 radical (unpaired) electrons. The van der Waals surface area contributed by atoms with Crippen molar-refractivity contribution in [2.24, 2.45) is 0 Å². The van der Waals surface area contributed by atoms with Crippen molar-refractivity contribution in [3.8, 4) is 5.75 Å². The largest absolute Gasteiger partial charge is 0.412 e. The first-order valence-electron chi connectivity index (χ1n) is 6.07. The highest BCUT2D eigenvalue weighted by atomic mass is 16.6. The molecule has 1 aliphatic rings. The normalized spacial score (nSPS) is 13.4. The average Bonchev–Trinajstić information content (AvgIpc) is 2.80. The summed E-state index contributed by atoms with van der Waals surface area (Å²) in [5.41, 5.74) is 0.348. The number of nitroso groups, excluding NO2 is 1. The summed E-state index contributed by atoms with van der Waals surface area (Å²) in [6.07, 6.45) is 1.63. The van der Waals surface area contributed by atoms with Gasteiger partial charge in [0.25, 0.3) is 17.5 Å². The second-order valence-corrected chi connectivity index (χ2v) is 4.10. The Bertz CT molecular complexity index is 591. The van der Waals surface area contributed by atoms with Crippen LogP contribution >= 0.6 is 0 Å².